The molecule has 0 aliphatic carbocycles. The number of hydrogen-bond donors (Lipinski definition) is 5. The van der Waals surface area contributed by atoms with Crippen molar-refractivity contribution in [2.45, 2.75) is 12.7 Å². The molecule has 1 unspecified atom stereocenters. The quantitative estimate of drug-likeness (QED) is 0.220. The standard InChI is InChI=1S/C16H21I3N2O7/c1-20(4-8(26)5-23)16(28)11-12(17)9(6-24)13(18)15(14(11)19)21(2-3-22)10(27)7-25/h8,22-26H,2-7H2,1H3. The van der Waals surface area contributed by atoms with E-state index in [9.17, 15) is 30.0 Å². The summed E-state index contributed by atoms with van der Waals surface area (Å²) in [7, 11) is 1.47. The molecule has 0 bridgehead atoms. The fourth-order valence-electron chi connectivity index (χ4n) is 2.46. The Balaban J connectivity index is 3.66. The monoisotopic (exact) mass is 734 g/mol. The molecule has 5 N–H and O–H groups in total. The summed E-state index contributed by atoms with van der Waals surface area (Å²) in [6, 6.07) is 0. The predicted octanol–water partition coefficient (Wildman–Crippen LogP) is -0.264. The fourth-order valence-corrected chi connectivity index (χ4v) is 7.01. The first kappa shape index (κ1) is 26.2. The molecule has 12 heteroatoms. The van der Waals surface area contributed by atoms with Gasteiger partial charge in [-0.3, -0.25) is 9.59 Å². The molecule has 0 saturated heterocycles. The number of anilines is 1. The third-order valence-corrected chi connectivity index (χ3v) is 7.23. The second-order valence-electron chi connectivity index (χ2n) is 5.75. The Morgan fingerprint density at radius 1 is 1.04 bits per heavy atom. The van der Waals surface area contributed by atoms with Gasteiger partial charge in [-0.25, -0.2) is 0 Å². The maximum absolute atomic E-state index is 13.0. The minimum absolute atomic E-state index is 0.0937. The average Bonchev–Trinajstić information content (AvgIpc) is 2.66. The molecule has 1 rings (SSSR count). The number of carbonyl (C=O) groups excluding carboxylic acids is 2. The third kappa shape index (κ3) is 5.86. The number of hydrogen-bond acceptors (Lipinski definition) is 7. The molecule has 0 heterocycles. The summed E-state index contributed by atoms with van der Waals surface area (Å²) >= 11 is 5.81. The Morgan fingerprint density at radius 3 is 2.11 bits per heavy atom. The minimum Gasteiger partial charge on any atom is -0.395 e. The Morgan fingerprint density at radius 2 is 1.64 bits per heavy atom. The summed E-state index contributed by atoms with van der Waals surface area (Å²) in [5.74, 6) is -1.12. The molecule has 1 atom stereocenters. The van der Waals surface area contributed by atoms with Crippen LogP contribution in [-0.2, 0) is 11.4 Å². The lowest BCUT2D eigenvalue weighted by Crippen LogP contribution is -2.39. The average molecular weight is 734 g/mol. The Labute approximate surface area is 203 Å². The van der Waals surface area contributed by atoms with E-state index in [-0.39, 0.29) is 31.9 Å². The number of nitrogens with zero attached hydrogens (tertiary/aromatic N) is 2. The van der Waals surface area contributed by atoms with Gasteiger partial charge in [-0.1, -0.05) is 0 Å². The zero-order valence-electron chi connectivity index (χ0n) is 14.9. The Hall–Kier alpha value is 0.150. The molecule has 1 aromatic rings. The van der Waals surface area contributed by atoms with Crippen LogP contribution >= 0.6 is 67.8 Å². The zero-order chi connectivity index (χ0) is 21.6. The molecule has 1 aromatic carbocycles. The number of benzene rings is 1. The van der Waals surface area contributed by atoms with Crippen molar-refractivity contribution in [2.24, 2.45) is 0 Å². The van der Waals surface area contributed by atoms with Crippen LogP contribution in [0.25, 0.3) is 0 Å². The predicted molar refractivity (Wildman–Crippen MR) is 127 cm³/mol. The van der Waals surface area contributed by atoms with Gasteiger partial charge in [0.1, 0.15) is 6.61 Å². The van der Waals surface area contributed by atoms with E-state index in [1.54, 1.807) is 0 Å². The van der Waals surface area contributed by atoms with Gasteiger partial charge in [-0.05, 0) is 67.8 Å². The second kappa shape index (κ2) is 12.1. The number of halogens is 3. The van der Waals surface area contributed by atoms with Gasteiger partial charge in [0.2, 0.25) is 0 Å². The molecule has 0 radical (unpaired) electrons. The Bertz CT molecular complexity index is 733. The lowest BCUT2D eigenvalue weighted by Gasteiger charge is -2.28. The Kier molecular flexibility index (Phi) is 11.3. The van der Waals surface area contributed by atoms with E-state index in [0.29, 0.717) is 22.0 Å². The van der Waals surface area contributed by atoms with Crippen molar-refractivity contribution in [2.75, 3.05) is 44.9 Å². The molecule has 0 saturated carbocycles. The van der Waals surface area contributed by atoms with Gasteiger partial charge in [-0.2, -0.15) is 0 Å². The normalized spacial score (nSPS) is 12.0. The first-order valence-corrected chi connectivity index (χ1v) is 11.3. The van der Waals surface area contributed by atoms with Crippen LogP contribution in [-0.4, -0.2) is 88.3 Å². The van der Waals surface area contributed by atoms with Crippen molar-refractivity contribution >= 4 is 85.3 Å². The first-order chi connectivity index (χ1) is 13.2. The van der Waals surface area contributed by atoms with Gasteiger partial charge in [0.15, 0.2) is 0 Å². The van der Waals surface area contributed by atoms with Crippen LogP contribution in [0.4, 0.5) is 5.69 Å². The maximum atomic E-state index is 13.0. The second-order valence-corrected chi connectivity index (χ2v) is 8.99. The largest absolute Gasteiger partial charge is 0.395 e. The van der Waals surface area contributed by atoms with E-state index >= 15 is 0 Å². The van der Waals surface area contributed by atoms with E-state index in [4.69, 9.17) is 5.11 Å². The van der Waals surface area contributed by atoms with Crippen molar-refractivity contribution in [1.29, 1.82) is 0 Å². The summed E-state index contributed by atoms with van der Waals surface area (Å²) in [6.45, 7) is -2.22. The highest BCUT2D eigenvalue weighted by Gasteiger charge is 2.30. The van der Waals surface area contributed by atoms with Crippen molar-refractivity contribution < 1.29 is 35.1 Å². The lowest BCUT2D eigenvalue weighted by molar-refractivity contribution is -0.121. The van der Waals surface area contributed by atoms with Crippen LogP contribution in [0.5, 0.6) is 0 Å². The van der Waals surface area contributed by atoms with Gasteiger partial charge < -0.3 is 35.3 Å². The number of rotatable bonds is 9. The number of likely N-dealkylation sites (N-methyl/N-ethyl adjacent to an activating group) is 1. The van der Waals surface area contributed by atoms with Crippen molar-refractivity contribution in [1.82, 2.24) is 4.90 Å². The van der Waals surface area contributed by atoms with Crippen LogP contribution in [0, 0.1) is 10.7 Å². The highest BCUT2D eigenvalue weighted by molar-refractivity contribution is 14.1. The summed E-state index contributed by atoms with van der Waals surface area (Å²) in [5, 5.41) is 47.1. The summed E-state index contributed by atoms with van der Waals surface area (Å²) in [5.41, 5.74) is 0.977. The van der Waals surface area contributed by atoms with Crippen LogP contribution in [0.2, 0.25) is 0 Å². The number of aliphatic hydroxyl groups is 5. The van der Waals surface area contributed by atoms with Crippen LogP contribution in [0.3, 0.4) is 0 Å². The van der Waals surface area contributed by atoms with E-state index in [2.05, 4.69) is 0 Å². The van der Waals surface area contributed by atoms with E-state index in [1.807, 2.05) is 67.8 Å². The highest BCUT2D eigenvalue weighted by Crippen LogP contribution is 2.38. The maximum Gasteiger partial charge on any atom is 0.255 e. The van der Waals surface area contributed by atoms with Crippen molar-refractivity contribution in [3.8, 4) is 0 Å². The van der Waals surface area contributed by atoms with E-state index in [0.717, 1.165) is 0 Å². The van der Waals surface area contributed by atoms with Crippen molar-refractivity contribution in [3.05, 3.63) is 21.8 Å². The minimum atomic E-state index is -1.10. The van der Waals surface area contributed by atoms with Gasteiger partial charge in [0.25, 0.3) is 11.8 Å². The summed E-state index contributed by atoms with van der Waals surface area (Å²) in [6.07, 6.45) is -1.10. The van der Waals surface area contributed by atoms with E-state index in [1.165, 1.54) is 16.8 Å². The molecule has 28 heavy (non-hydrogen) atoms. The lowest BCUT2D eigenvalue weighted by atomic mass is 10.1. The van der Waals surface area contributed by atoms with Gasteiger partial charge in [0.05, 0.1) is 40.7 Å². The smallest absolute Gasteiger partial charge is 0.255 e. The molecule has 0 fully saturated rings. The third-order valence-electron chi connectivity index (χ3n) is 3.83. The highest BCUT2D eigenvalue weighted by atomic mass is 127. The number of amides is 2. The number of aliphatic hydroxyl groups excluding tert-OH is 5. The molecule has 158 valence electrons. The molecule has 2 amide bonds. The van der Waals surface area contributed by atoms with Crippen LogP contribution < -0.4 is 4.90 Å². The summed E-state index contributed by atoms with van der Waals surface area (Å²) in [4.78, 5) is 27.7. The van der Waals surface area contributed by atoms with Gasteiger partial charge in [0, 0.05) is 32.8 Å². The van der Waals surface area contributed by atoms with Gasteiger partial charge in [-0.15, -0.1) is 0 Å². The van der Waals surface area contributed by atoms with Gasteiger partial charge >= 0.3 is 0 Å². The molecular formula is C16H21I3N2O7. The molecular weight excluding hydrogens is 713 g/mol. The van der Waals surface area contributed by atoms with E-state index < -0.39 is 31.1 Å². The number of carbonyl (C=O) groups is 2. The molecule has 0 aromatic heterocycles. The zero-order valence-corrected chi connectivity index (χ0v) is 21.4. The molecule has 9 nitrogen and oxygen atoms in total. The first-order valence-electron chi connectivity index (χ1n) is 8.02. The molecule has 0 aliphatic heterocycles. The van der Waals surface area contributed by atoms with Crippen molar-refractivity contribution in [3.63, 3.8) is 0 Å². The summed E-state index contributed by atoms with van der Waals surface area (Å²) < 4.78 is 1.43. The molecule has 0 aliphatic rings. The topological polar surface area (TPSA) is 142 Å². The molecule has 0 spiro atoms. The van der Waals surface area contributed by atoms with Crippen LogP contribution in [0.15, 0.2) is 0 Å². The van der Waals surface area contributed by atoms with Crippen LogP contribution in [0.1, 0.15) is 15.9 Å². The SMILES string of the molecule is CN(CC(O)CO)C(=O)c1c(I)c(CO)c(I)c(N(CCO)C(=O)CO)c1I. The fraction of sp³-hybridized carbons (Fsp3) is 0.500.